The summed E-state index contributed by atoms with van der Waals surface area (Å²) in [6, 6.07) is 0. The van der Waals surface area contributed by atoms with E-state index in [-0.39, 0.29) is 6.42 Å². The fourth-order valence-electron chi connectivity index (χ4n) is 10.2. The van der Waals surface area contributed by atoms with Gasteiger partial charge in [-0.15, -0.1) is 0 Å². The molecule has 0 aliphatic carbocycles. The topological polar surface area (TPSA) is 576 Å². The molecule has 6 aliphatic heterocycles. The van der Waals surface area contributed by atoms with Gasteiger partial charge in [-0.05, 0) is 11.8 Å². The van der Waals surface area contributed by atoms with Crippen LogP contribution in [0.25, 0.3) is 0 Å². The maximum absolute atomic E-state index is 11.3. The Bertz CT molecular complexity index is 1850. The minimum atomic E-state index is -2.23. The first-order chi connectivity index (χ1) is 38.1. The zero-order chi connectivity index (χ0) is 60.3. The van der Waals surface area contributed by atoms with Crippen LogP contribution < -0.4 is 0 Å². The molecule has 81 heavy (non-hydrogen) atoms. The monoisotopic (exact) mass is 1190 g/mol. The summed E-state index contributed by atoms with van der Waals surface area (Å²) in [5, 5.41) is 245. The number of aliphatic hydroxyl groups is 23. The first-order valence-electron chi connectivity index (χ1n) is 26.1. The highest BCUT2D eigenvalue weighted by molar-refractivity contribution is 5.00. The standard InChI is InChI=1S/C46H82O35/c1-46(2,3)4-12(54)20(56)34(13(55)5-47)76-41-29(65)23(59)36(15(7-49)71-41)78-43-31(67)25(61)38(17(9-51)73-43)80-45-33(69)27(63)39(19(11-53)75-45)81-44-32(68)26(62)37(18(10-52)74-44)79-42-30(66)24(60)35(16(8-50)72-42)77-40-28(64)22(58)21(57)14(6-48)70-40/h12-45,47-69H,4-11H2,1-3H3/t12-,13+,14+,15+,16+,17+,18+,19+,20+,21+,22-,23+,24+,25+,26+,27+,28+,29?,30+,31+,32+,33+,34+,35+,36+,37+,38+,39+,40+,41+,42+,43+,44+,45+/m0/s1. The second kappa shape index (κ2) is 29.5. The lowest BCUT2D eigenvalue weighted by atomic mass is 9.86. The van der Waals surface area contributed by atoms with E-state index in [1.807, 2.05) is 0 Å². The Labute approximate surface area is 461 Å². The first kappa shape index (κ1) is 68.7. The normalized spacial score (nSPS) is 48.1. The summed E-state index contributed by atoms with van der Waals surface area (Å²) in [5.41, 5.74) is -0.539. The van der Waals surface area contributed by atoms with E-state index >= 15 is 0 Å². The van der Waals surface area contributed by atoms with E-state index in [1.165, 1.54) is 0 Å². The highest BCUT2D eigenvalue weighted by atomic mass is 16.8. The maximum atomic E-state index is 11.3. The second-order valence-electron chi connectivity index (χ2n) is 21.9. The minimum absolute atomic E-state index is 0.0209. The predicted molar refractivity (Wildman–Crippen MR) is 251 cm³/mol. The van der Waals surface area contributed by atoms with E-state index < -0.39 is 260 Å². The summed E-state index contributed by atoms with van der Waals surface area (Å²) in [6.45, 7) is -1.75. The largest absolute Gasteiger partial charge is 0.394 e. The molecule has 6 fully saturated rings. The van der Waals surface area contributed by atoms with Crippen molar-refractivity contribution in [2.24, 2.45) is 5.41 Å². The van der Waals surface area contributed by atoms with Crippen molar-refractivity contribution in [1.82, 2.24) is 0 Å². The Kier molecular flexibility index (Phi) is 25.1. The summed E-state index contributed by atoms with van der Waals surface area (Å²) in [6.07, 6.45) is -65.7. The van der Waals surface area contributed by atoms with Gasteiger partial charge in [0.1, 0.15) is 165 Å². The number of ether oxygens (including phenoxy) is 12. The molecule has 6 aliphatic rings. The van der Waals surface area contributed by atoms with Crippen LogP contribution in [0.1, 0.15) is 27.2 Å². The van der Waals surface area contributed by atoms with Crippen molar-refractivity contribution in [1.29, 1.82) is 0 Å². The van der Waals surface area contributed by atoms with Crippen molar-refractivity contribution < 1.29 is 174 Å². The Morgan fingerprint density at radius 2 is 0.568 bits per heavy atom. The van der Waals surface area contributed by atoms with E-state index in [0.29, 0.717) is 0 Å². The Balaban J connectivity index is 1.06. The lowest BCUT2D eigenvalue weighted by Crippen LogP contribution is -2.68. The van der Waals surface area contributed by atoms with E-state index in [0.717, 1.165) is 0 Å². The zero-order valence-electron chi connectivity index (χ0n) is 44.0. The van der Waals surface area contributed by atoms with E-state index in [1.54, 1.807) is 20.8 Å². The molecule has 0 saturated carbocycles. The Morgan fingerprint density at radius 1 is 0.321 bits per heavy atom. The number of hydrogen-bond donors (Lipinski definition) is 23. The van der Waals surface area contributed by atoms with Crippen LogP contribution in [0.5, 0.6) is 0 Å². The number of aliphatic hydroxyl groups excluding tert-OH is 23. The fourth-order valence-corrected chi connectivity index (χ4v) is 10.2. The smallest absolute Gasteiger partial charge is 0.187 e. The van der Waals surface area contributed by atoms with E-state index in [9.17, 15) is 117 Å². The summed E-state index contributed by atoms with van der Waals surface area (Å²) in [4.78, 5) is 0. The molecule has 0 amide bonds. The van der Waals surface area contributed by atoms with Crippen LogP contribution in [0, 0.1) is 5.41 Å². The van der Waals surface area contributed by atoms with Crippen molar-refractivity contribution >= 4 is 0 Å². The van der Waals surface area contributed by atoms with Gasteiger partial charge >= 0.3 is 0 Å². The molecule has 35 heteroatoms. The molecule has 476 valence electrons. The second-order valence-corrected chi connectivity index (χ2v) is 21.9. The molecule has 0 aromatic carbocycles. The van der Waals surface area contributed by atoms with Crippen molar-refractivity contribution in [2.75, 3.05) is 46.2 Å². The molecule has 1 unspecified atom stereocenters. The summed E-state index contributed by atoms with van der Waals surface area (Å²) in [7, 11) is 0. The van der Waals surface area contributed by atoms with Gasteiger partial charge in [-0.2, -0.15) is 0 Å². The van der Waals surface area contributed by atoms with Crippen molar-refractivity contribution in [2.45, 2.75) is 236 Å². The van der Waals surface area contributed by atoms with Crippen molar-refractivity contribution in [3.8, 4) is 0 Å². The van der Waals surface area contributed by atoms with Gasteiger partial charge in [-0.3, -0.25) is 0 Å². The van der Waals surface area contributed by atoms with Crippen LogP contribution in [-0.4, -0.2) is 372 Å². The summed E-state index contributed by atoms with van der Waals surface area (Å²) < 4.78 is 67.2. The molecule has 6 saturated heterocycles. The molecular weight excluding hydrogens is 1110 g/mol. The Hall–Kier alpha value is -1.40. The van der Waals surface area contributed by atoms with Crippen molar-refractivity contribution in [3.05, 3.63) is 0 Å². The minimum Gasteiger partial charge on any atom is -0.394 e. The highest BCUT2D eigenvalue weighted by Gasteiger charge is 2.58. The summed E-state index contributed by atoms with van der Waals surface area (Å²) >= 11 is 0. The van der Waals surface area contributed by atoms with Crippen LogP contribution >= 0.6 is 0 Å². The van der Waals surface area contributed by atoms with Crippen molar-refractivity contribution in [3.63, 3.8) is 0 Å². The predicted octanol–water partition coefficient (Wildman–Crippen LogP) is -14.2. The van der Waals surface area contributed by atoms with E-state index in [4.69, 9.17) is 56.8 Å². The van der Waals surface area contributed by atoms with Gasteiger partial charge < -0.3 is 174 Å². The van der Waals surface area contributed by atoms with Crippen LogP contribution in [0.4, 0.5) is 0 Å². The van der Waals surface area contributed by atoms with Crippen LogP contribution in [0.2, 0.25) is 0 Å². The molecule has 0 spiro atoms. The molecule has 6 rings (SSSR count). The van der Waals surface area contributed by atoms with Crippen LogP contribution in [0.15, 0.2) is 0 Å². The SMILES string of the molecule is CC(C)(C)C[C@H](O)[C@@H](O)[C@H](O[C@H]1O[C@H](CO)[C@@H](O[C@H]2O[C@H](CO)[C@@H](O[C@H]3O[C@H](CO)[C@@H](O[C@H]4O[C@H](CO)[C@@H](O[C@H]5O[C@H](CO)[C@@H](O[C@H]6O[C@H](CO)[C@@H](O)[C@H](O)[C@H]6O)[C@H](O)[C@H]5O)[C@H](O)[C@H]4O)[C@H](O)[C@H]3O)[C@H](O)[C@H]2O)[C@H](O)C1O)[C@H](O)CO. The molecule has 34 atom stereocenters. The molecule has 6 heterocycles. The number of rotatable bonds is 23. The Morgan fingerprint density at radius 3 is 0.827 bits per heavy atom. The fraction of sp³-hybridized carbons (Fsp3) is 1.00. The zero-order valence-corrected chi connectivity index (χ0v) is 44.0. The third-order valence-electron chi connectivity index (χ3n) is 14.8. The number of hydrogen-bond acceptors (Lipinski definition) is 35. The molecule has 0 aromatic heterocycles. The lowest BCUT2D eigenvalue weighted by Gasteiger charge is -2.50. The average molecular weight is 1200 g/mol. The quantitative estimate of drug-likeness (QED) is 0.0452. The van der Waals surface area contributed by atoms with Gasteiger partial charge in [-0.1, -0.05) is 20.8 Å². The van der Waals surface area contributed by atoms with E-state index in [2.05, 4.69) is 0 Å². The third kappa shape index (κ3) is 15.3. The van der Waals surface area contributed by atoms with Gasteiger partial charge in [0.05, 0.1) is 52.4 Å². The molecular formula is C46H82O35. The molecule has 0 bridgehead atoms. The van der Waals surface area contributed by atoms with Gasteiger partial charge in [0.15, 0.2) is 37.7 Å². The average Bonchev–Trinajstić information content (AvgIpc) is 3.64. The van der Waals surface area contributed by atoms with Gasteiger partial charge in [0, 0.05) is 0 Å². The van der Waals surface area contributed by atoms with Gasteiger partial charge in [0.2, 0.25) is 0 Å². The maximum Gasteiger partial charge on any atom is 0.187 e. The summed E-state index contributed by atoms with van der Waals surface area (Å²) in [5.74, 6) is 0. The van der Waals surface area contributed by atoms with Crippen LogP contribution in [-0.2, 0) is 56.8 Å². The third-order valence-corrected chi connectivity index (χ3v) is 14.8. The first-order valence-corrected chi connectivity index (χ1v) is 26.1. The highest BCUT2D eigenvalue weighted by Crippen LogP contribution is 2.37. The molecule has 23 N–H and O–H groups in total. The van der Waals surface area contributed by atoms with Crippen LogP contribution in [0.3, 0.4) is 0 Å². The molecule has 35 nitrogen and oxygen atoms in total. The van der Waals surface area contributed by atoms with Gasteiger partial charge in [-0.25, -0.2) is 0 Å². The van der Waals surface area contributed by atoms with Gasteiger partial charge in [0.25, 0.3) is 0 Å². The lowest BCUT2D eigenvalue weighted by molar-refractivity contribution is -0.397. The molecule has 0 aromatic rings. The molecule has 0 radical (unpaired) electrons.